The molecule has 0 bridgehead atoms. The first-order chi connectivity index (χ1) is 9.55. The van der Waals surface area contributed by atoms with Crippen LogP contribution < -0.4 is 0 Å². The second-order valence-corrected chi connectivity index (χ2v) is 6.19. The fourth-order valence-electron chi connectivity index (χ4n) is 2.72. The maximum absolute atomic E-state index is 5.73. The Balaban J connectivity index is 2.27. The number of hydrogen-bond donors (Lipinski definition) is 0. The van der Waals surface area contributed by atoms with E-state index in [0.717, 1.165) is 12.8 Å². The highest BCUT2D eigenvalue weighted by Gasteiger charge is 2.23. The van der Waals surface area contributed by atoms with Crippen LogP contribution in [0.5, 0.6) is 0 Å². The topological polar surface area (TPSA) is 9.23 Å². The average Bonchev–Trinajstić information content (AvgIpc) is 2.44. The van der Waals surface area contributed by atoms with Gasteiger partial charge in [0.15, 0.2) is 0 Å². The molecular formula is C19H24O. The zero-order valence-corrected chi connectivity index (χ0v) is 12.7. The molecule has 0 aliphatic heterocycles. The average molecular weight is 268 g/mol. The molecule has 2 rings (SSSR count). The van der Waals surface area contributed by atoms with Crippen LogP contribution in [0, 0.1) is 5.41 Å². The Hall–Kier alpha value is -1.60. The minimum absolute atomic E-state index is 0.134. The first-order valence-electron chi connectivity index (χ1n) is 7.18. The van der Waals surface area contributed by atoms with Crippen molar-refractivity contribution in [2.75, 3.05) is 7.11 Å². The van der Waals surface area contributed by atoms with Gasteiger partial charge in [-0.15, -0.1) is 6.58 Å². The monoisotopic (exact) mass is 268 g/mol. The third-order valence-electron chi connectivity index (χ3n) is 3.86. The van der Waals surface area contributed by atoms with Crippen LogP contribution in [-0.4, -0.2) is 7.11 Å². The van der Waals surface area contributed by atoms with E-state index in [9.17, 15) is 0 Å². The van der Waals surface area contributed by atoms with Crippen molar-refractivity contribution in [3.05, 3.63) is 60.7 Å². The highest BCUT2D eigenvalue weighted by molar-refractivity contribution is 5.83. The molecule has 0 fully saturated rings. The number of benzene rings is 2. The van der Waals surface area contributed by atoms with Crippen LogP contribution in [0.1, 0.15) is 38.4 Å². The van der Waals surface area contributed by atoms with Gasteiger partial charge < -0.3 is 4.74 Å². The summed E-state index contributed by atoms with van der Waals surface area (Å²) in [6.45, 7) is 8.38. The third kappa shape index (κ3) is 3.49. The Bertz CT molecular complexity index is 583. The molecular weight excluding hydrogens is 244 g/mol. The van der Waals surface area contributed by atoms with E-state index in [1.165, 1.54) is 16.3 Å². The molecule has 0 aromatic heterocycles. The summed E-state index contributed by atoms with van der Waals surface area (Å²) in [5.74, 6) is 0. The summed E-state index contributed by atoms with van der Waals surface area (Å²) in [5.41, 5.74) is 1.46. The first-order valence-corrected chi connectivity index (χ1v) is 7.18. The number of methoxy groups -OCH3 is 1. The van der Waals surface area contributed by atoms with Crippen LogP contribution in [0.15, 0.2) is 55.1 Å². The van der Waals surface area contributed by atoms with Crippen molar-refractivity contribution in [1.29, 1.82) is 0 Å². The van der Waals surface area contributed by atoms with Crippen LogP contribution in [0.2, 0.25) is 0 Å². The highest BCUT2D eigenvalue weighted by atomic mass is 16.5. The minimum Gasteiger partial charge on any atom is -0.377 e. The zero-order chi connectivity index (χ0) is 14.6. The second-order valence-electron chi connectivity index (χ2n) is 6.19. The van der Waals surface area contributed by atoms with Gasteiger partial charge in [-0.25, -0.2) is 0 Å². The summed E-state index contributed by atoms with van der Waals surface area (Å²) >= 11 is 0. The van der Waals surface area contributed by atoms with Crippen LogP contribution in [0.3, 0.4) is 0 Å². The van der Waals surface area contributed by atoms with E-state index in [-0.39, 0.29) is 11.5 Å². The van der Waals surface area contributed by atoms with E-state index in [2.05, 4.69) is 62.9 Å². The molecule has 1 nitrogen and oxygen atoms in total. The van der Waals surface area contributed by atoms with Gasteiger partial charge in [-0.1, -0.05) is 56.3 Å². The Morgan fingerprint density at radius 3 is 2.50 bits per heavy atom. The van der Waals surface area contributed by atoms with Gasteiger partial charge in [0.25, 0.3) is 0 Å². The Labute approximate surface area is 122 Å². The van der Waals surface area contributed by atoms with E-state index < -0.39 is 0 Å². The third-order valence-corrected chi connectivity index (χ3v) is 3.86. The second kappa shape index (κ2) is 6.23. The van der Waals surface area contributed by atoms with Crippen molar-refractivity contribution in [1.82, 2.24) is 0 Å². The maximum Gasteiger partial charge on any atom is 0.0826 e. The fourth-order valence-corrected chi connectivity index (χ4v) is 2.72. The maximum atomic E-state index is 5.73. The summed E-state index contributed by atoms with van der Waals surface area (Å²) in [6, 6.07) is 15.0. The predicted molar refractivity (Wildman–Crippen MR) is 86.9 cm³/mol. The van der Waals surface area contributed by atoms with E-state index >= 15 is 0 Å². The Morgan fingerprint density at radius 2 is 1.85 bits per heavy atom. The van der Waals surface area contributed by atoms with Crippen LogP contribution in [0.4, 0.5) is 0 Å². The smallest absolute Gasteiger partial charge is 0.0826 e. The van der Waals surface area contributed by atoms with Crippen molar-refractivity contribution < 1.29 is 4.74 Å². The van der Waals surface area contributed by atoms with Gasteiger partial charge in [0.1, 0.15) is 0 Å². The molecule has 0 aliphatic rings. The molecule has 2 aromatic rings. The van der Waals surface area contributed by atoms with Gasteiger partial charge in [-0.3, -0.25) is 0 Å². The summed E-state index contributed by atoms with van der Waals surface area (Å²) in [6.07, 6.45) is 4.12. The number of ether oxygens (including phenoxy) is 1. The molecule has 20 heavy (non-hydrogen) atoms. The standard InChI is InChI=1S/C19H24O/c1-5-12-19(2,3)14-18(20-4)17-11-10-15-8-6-7-9-16(15)13-17/h5-11,13,18H,1,12,14H2,2-4H3. The molecule has 0 amide bonds. The van der Waals surface area contributed by atoms with Crippen LogP contribution >= 0.6 is 0 Å². The van der Waals surface area contributed by atoms with Gasteiger partial charge in [0.05, 0.1) is 6.10 Å². The van der Waals surface area contributed by atoms with Gasteiger partial charge in [0, 0.05) is 7.11 Å². The zero-order valence-electron chi connectivity index (χ0n) is 12.7. The lowest BCUT2D eigenvalue weighted by atomic mass is 9.81. The summed E-state index contributed by atoms with van der Waals surface area (Å²) in [5, 5.41) is 2.55. The molecule has 1 atom stereocenters. The van der Waals surface area contributed by atoms with Crippen molar-refractivity contribution in [3.8, 4) is 0 Å². The normalized spacial score (nSPS) is 13.3. The molecule has 0 saturated carbocycles. The number of rotatable bonds is 6. The molecule has 0 aliphatic carbocycles. The van der Waals surface area contributed by atoms with E-state index in [1.54, 1.807) is 7.11 Å². The number of fused-ring (bicyclic) bond motifs is 1. The Kier molecular flexibility index (Phi) is 4.61. The lowest BCUT2D eigenvalue weighted by Gasteiger charge is -2.28. The van der Waals surface area contributed by atoms with Crippen molar-refractivity contribution in [2.45, 2.75) is 32.8 Å². The summed E-state index contributed by atoms with van der Waals surface area (Å²) < 4.78 is 5.73. The molecule has 0 radical (unpaired) electrons. The van der Waals surface area contributed by atoms with Gasteiger partial charge in [-0.2, -0.15) is 0 Å². The van der Waals surface area contributed by atoms with Crippen molar-refractivity contribution in [3.63, 3.8) is 0 Å². The van der Waals surface area contributed by atoms with E-state index in [1.807, 2.05) is 6.08 Å². The molecule has 0 N–H and O–H groups in total. The fraction of sp³-hybridized carbons (Fsp3) is 0.368. The number of allylic oxidation sites excluding steroid dienone is 1. The SMILES string of the molecule is C=CCC(C)(C)CC(OC)c1ccc2ccccc2c1. The first kappa shape index (κ1) is 14.8. The lowest BCUT2D eigenvalue weighted by Crippen LogP contribution is -2.16. The van der Waals surface area contributed by atoms with Crippen LogP contribution in [0.25, 0.3) is 10.8 Å². The molecule has 106 valence electrons. The lowest BCUT2D eigenvalue weighted by molar-refractivity contribution is 0.0619. The Morgan fingerprint density at radius 1 is 1.15 bits per heavy atom. The van der Waals surface area contributed by atoms with Crippen LogP contribution in [-0.2, 0) is 4.74 Å². The van der Waals surface area contributed by atoms with E-state index in [4.69, 9.17) is 4.74 Å². The summed E-state index contributed by atoms with van der Waals surface area (Å²) in [7, 11) is 1.80. The van der Waals surface area contributed by atoms with Crippen molar-refractivity contribution >= 4 is 10.8 Å². The molecule has 1 heteroatoms. The quantitative estimate of drug-likeness (QED) is 0.627. The molecule has 2 aromatic carbocycles. The predicted octanol–water partition coefficient (Wildman–Crippen LogP) is 5.52. The highest BCUT2D eigenvalue weighted by Crippen LogP contribution is 2.35. The molecule has 0 spiro atoms. The molecule has 0 heterocycles. The van der Waals surface area contributed by atoms with E-state index in [0.29, 0.717) is 0 Å². The van der Waals surface area contributed by atoms with Gasteiger partial charge >= 0.3 is 0 Å². The van der Waals surface area contributed by atoms with Gasteiger partial charge in [-0.05, 0) is 40.7 Å². The largest absolute Gasteiger partial charge is 0.377 e. The van der Waals surface area contributed by atoms with Gasteiger partial charge in [0.2, 0.25) is 0 Å². The molecule has 0 saturated heterocycles. The summed E-state index contributed by atoms with van der Waals surface area (Å²) in [4.78, 5) is 0. The van der Waals surface area contributed by atoms with Crippen molar-refractivity contribution in [2.24, 2.45) is 5.41 Å². The molecule has 1 unspecified atom stereocenters. The minimum atomic E-state index is 0.134. The number of hydrogen-bond acceptors (Lipinski definition) is 1.